The first-order chi connectivity index (χ1) is 7.15. The summed E-state index contributed by atoms with van der Waals surface area (Å²) in [4.78, 5) is 0. The Balaban J connectivity index is 2.77. The van der Waals surface area contributed by atoms with Crippen LogP contribution in [0.3, 0.4) is 0 Å². The number of nitrogens with two attached hydrogens (primary N) is 1. The zero-order valence-electron chi connectivity index (χ0n) is 9.31. The molecule has 0 fully saturated rings. The van der Waals surface area contributed by atoms with Crippen molar-refractivity contribution in [1.29, 1.82) is 0 Å². The van der Waals surface area contributed by atoms with E-state index in [9.17, 15) is 5.11 Å². The Bertz CT molecular complexity index is 299. The van der Waals surface area contributed by atoms with Crippen LogP contribution in [-0.2, 0) is 11.3 Å². The Hall–Kier alpha value is -0.900. The molecule has 0 aliphatic rings. The van der Waals surface area contributed by atoms with E-state index in [0.717, 1.165) is 11.1 Å². The summed E-state index contributed by atoms with van der Waals surface area (Å²) in [6.45, 7) is 4.73. The number of rotatable bonds is 5. The number of hydrogen-bond acceptors (Lipinski definition) is 3. The summed E-state index contributed by atoms with van der Waals surface area (Å²) in [6.07, 6.45) is -0.412. The van der Waals surface area contributed by atoms with E-state index in [1.54, 1.807) is 0 Å². The van der Waals surface area contributed by atoms with Crippen LogP contribution in [0, 0.1) is 0 Å². The molecule has 0 saturated carbocycles. The predicted octanol–water partition coefficient (Wildman–Crippen LogP) is 1.60. The minimum absolute atomic E-state index is 0.188. The van der Waals surface area contributed by atoms with Crippen molar-refractivity contribution in [1.82, 2.24) is 0 Å². The predicted molar refractivity (Wildman–Crippen MR) is 60.4 cm³/mol. The summed E-state index contributed by atoms with van der Waals surface area (Å²) < 4.78 is 5.51. The molecule has 0 aliphatic heterocycles. The Labute approximate surface area is 90.9 Å². The van der Waals surface area contributed by atoms with Crippen molar-refractivity contribution in [2.75, 3.05) is 6.54 Å². The maximum absolute atomic E-state index is 9.69. The number of ether oxygens (including phenoxy) is 1. The van der Waals surface area contributed by atoms with Gasteiger partial charge in [0.15, 0.2) is 0 Å². The number of aliphatic hydroxyl groups excluding tert-OH is 1. The van der Waals surface area contributed by atoms with Crippen LogP contribution in [0.1, 0.15) is 31.1 Å². The minimum atomic E-state index is -0.600. The summed E-state index contributed by atoms with van der Waals surface area (Å²) in [6, 6.07) is 7.67. The molecule has 1 aromatic carbocycles. The van der Waals surface area contributed by atoms with Crippen molar-refractivity contribution in [2.24, 2.45) is 5.73 Å². The molecule has 0 bridgehead atoms. The van der Waals surface area contributed by atoms with Crippen LogP contribution in [0.15, 0.2) is 24.3 Å². The summed E-state index contributed by atoms with van der Waals surface area (Å²) in [5.74, 6) is 0. The van der Waals surface area contributed by atoms with E-state index in [1.165, 1.54) is 0 Å². The van der Waals surface area contributed by atoms with Crippen molar-refractivity contribution >= 4 is 0 Å². The van der Waals surface area contributed by atoms with Gasteiger partial charge in [-0.05, 0) is 25.0 Å². The van der Waals surface area contributed by atoms with E-state index in [2.05, 4.69) is 0 Å². The van der Waals surface area contributed by atoms with Gasteiger partial charge in [0, 0.05) is 6.54 Å². The van der Waals surface area contributed by atoms with Gasteiger partial charge in [0.25, 0.3) is 0 Å². The van der Waals surface area contributed by atoms with Crippen molar-refractivity contribution < 1.29 is 9.84 Å². The fourth-order valence-corrected chi connectivity index (χ4v) is 1.37. The third-order valence-corrected chi connectivity index (χ3v) is 2.21. The third-order valence-electron chi connectivity index (χ3n) is 2.21. The molecule has 1 unspecified atom stereocenters. The monoisotopic (exact) mass is 209 g/mol. The molecule has 0 radical (unpaired) electrons. The molecule has 3 N–H and O–H groups in total. The Morgan fingerprint density at radius 1 is 1.33 bits per heavy atom. The maximum atomic E-state index is 9.69. The van der Waals surface area contributed by atoms with E-state index in [1.807, 2.05) is 38.1 Å². The first-order valence-electron chi connectivity index (χ1n) is 5.22. The average molecular weight is 209 g/mol. The van der Waals surface area contributed by atoms with Gasteiger partial charge in [-0.15, -0.1) is 0 Å². The van der Waals surface area contributed by atoms with Crippen LogP contribution in [0.5, 0.6) is 0 Å². The van der Waals surface area contributed by atoms with E-state index in [-0.39, 0.29) is 12.6 Å². The zero-order valence-corrected chi connectivity index (χ0v) is 9.31. The molecule has 0 aliphatic carbocycles. The Morgan fingerprint density at radius 3 is 2.60 bits per heavy atom. The number of hydrogen-bond donors (Lipinski definition) is 2. The van der Waals surface area contributed by atoms with Gasteiger partial charge >= 0.3 is 0 Å². The topological polar surface area (TPSA) is 55.5 Å². The Morgan fingerprint density at radius 2 is 2.00 bits per heavy atom. The smallest absolute Gasteiger partial charge is 0.0915 e. The minimum Gasteiger partial charge on any atom is -0.387 e. The normalized spacial score (nSPS) is 13.1. The van der Waals surface area contributed by atoms with Gasteiger partial charge in [-0.3, -0.25) is 0 Å². The van der Waals surface area contributed by atoms with Gasteiger partial charge in [-0.2, -0.15) is 0 Å². The molecule has 0 spiro atoms. The average Bonchev–Trinajstić information content (AvgIpc) is 2.25. The van der Waals surface area contributed by atoms with Crippen LogP contribution in [-0.4, -0.2) is 17.8 Å². The lowest BCUT2D eigenvalue weighted by atomic mass is 10.0. The van der Waals surface area contributed by atoms with Gasteiger partial charge in [0.05, 0.1) is 18.8 Å². The fraction of sp³-hybridized carbons (Fsp3) is 0.500. The van der Waals surface area contributed by atoms with Gasteiger partial charge in [0.2, 0.25) is 0 Å². The molecule has 3 nitrogen and oxygen atoms in total. The SMILES string of the molecule is CC(C)OCc1ccccc1C(O)CN. The van der Waals surface area contributed by atoms with E-state index in [4.69, 9.17) is 10.5 Å². The fourth-order valence-electron chi connectivity index (χ4n) is 1.37. The second-order valence-corrected chi connectivity index (χ2v) is 3.81. The zero-order chi connectivity index (χ0) is 11.3. The van der Waals surface area contributed by atoms with Crippen LogP contribution in [0.25, 0.3) is 0 Å². The van der Waals surface area contributed by atoms with E-state index >= 15 is 0 Å². The van der Waals surface area contributed by atoms with Crippen LogP contribution >= 0.6 is 0 Å². The second kappa shape index (κ2) is 5.85. The van der Waals surface area contributed by atoms with Crippen LogP contribution in [0.4, 0.5) is 0 Å². The molecule has 1 rings (SSSR count). The van der Waals surface area contributed by atoms with Crippen molar-refractivity contribution in [3.05, 3.63) is 35.4 Å². The molecule has 84 valence electrons. The van der Waals surface area contributed by atoms with E-state index < -0.39 is 6.10 Å². The van der Waals surface area contributed by atoms with Gasteiger partial charge in [-0.25, -0.2) is 0 Å². The molecule has 0 aromatic heterocycles. The lowest BCUT2D eigenvalue weighted by Gasteiger charge is -2.15. The van der Waals surface area contributed by atoms with Crippen molar-refractivity contribution in [3.63, 3.8) is 0 Å². The molecule has 1 atom stereocenters. The third kappa shape index (κ3) is 3.63. The van der Waals surface area contributed by atoms with Gasteiger partial charge < -0.3 is 15.6 Å². The van der Waals surface area contributed by atoms with Gasteiger partial charge in [-0.1, -0.05) is 24.3 Å². The quantitative estimate of drug-likeness (QED) is 0.774. The highest BCUT2D eigenvalue weighted by molar-refractivity contribution is 5.28. The summed E-state index contributed by atoms with van der Waals surface area (Å²) in [7, 11) is 0. The standard InChI is InChI=1S/C12H19NO2/c1-9(2)15-8-10-5-3-4-6-11(10)12(14)7-13/h3-6,9,12,14H,7-8,13H2,1-2H3. The molecular weight excluding hydrogens is 190 g/mol. The molecule has 3 heteroatoms. The lowest BCUT2D eigenvalue weighted by Crippen LogP contribution is -2.14. The molecule has 0 amide bonds. The maximum Gasteiger partial charge on any atom is 0.0915 e. The summed E-state index contributed by atoms with van der Waals surface area (Å²) in [5, 5.41) is 9.69. The first kappa shape index (κ1) is 12.2. The highest BCUT2D eigenvalue weighted by Gasteiger charge is 2.10. The second-order valence-electron chi connectivity index (χ2n) is 3.81. The number of aliphatic hydroxyl groups is 1. The Kier molecular flexibility index (Phi) is 4.75. The molecule has 15 heavy (non-hydrogen) atoms. The van der Waals surface area contributed by atoms with E-state index in [0.29, 0.717) is 6.61 Å². The van der Waals surface area contributed by atoms with Gasteiger partial charge in [0.1, 0.15) is 0 Å². The highest BCUT2D eigenvalue weighted by atomic mass is 16.5. The van der Waals surface area contributed by atoms with Crippen LogP contribution in [0.2, 0.25) is 0 Å². The molecule has 0 heterocycles. The highest BCUT2D eigenvalue weighted by Crippen LogP contribution is 2.18. The van der Waals surface area contributed by atoms with Crippen molar-refractivity contribution in [3.8, 4) is 0 Å². The first-order valence-corrected chi connectivity index (χ1v) is 5.22. The summed E-state index contributed by atoms with van der Waals surface area (Å²) >= 11 is 0. The molecule has 0 saturated heterocycles. The number of benzene rings is 1. The summed E-state index contributed by atoms with van der Waals surface area (Å²) in [5.41, 5.74) is 7.30. The molecular formula is C12H19NO2. The lowest BCUT2D eigenvalue weighted by molar-refractivity contribution is 0.0635. The van der Waals surface area contributed by atoms with Crippen molar-refractivity contribution in [2.45, 2.75) is 32.7 Å². The molecule has 1 aromatic rings. The van der Waals surface area contributed by atoms with Crippen LogP contribution < -0.4 is 5.73 Å². The largest absolute Gasteiger partial charge is 0.387 e.